The van der Waals surface area contributed by atoms with Crippen molar-refractivity contribution in [3.05, 3.63) is 0 Å². The number of hydrogen-bond acceptors (Lipinski definition) is 2. The summed E-state index contributed by atoms with van der Waals surface area (Å²) in [5.74, 6) is 1.12. The van der Waals surface area contributed by atoms with Gasteiger partial charge in [0.25, 0.3) is 0 Å². The fourth-order valence-electron chi connectivity index (χ4n) is 1.42. The summed E-state index contributed by atoms with van der Waals surface area (Å²) in [6.07, 6.45) is 2.92. The van der Waals surface area contributed by atoms with Gasteiger partial charge in [-0.25, -0.2) is 0 Å². The minimum Gasteiger partial charge on any atom is -0.307 e. The van der Waals surface area contributed by atoms with Gasteiger partial charge in [0.2, 0.25) is 0 Å². The number of Topliss-reactive ketones (excluding diaryl/α,β-unsaturated/α-hetero) is 1. The lowest BCUT2D eigenvalue weighted by Gasteiger charge is -2.09. The van der Waals surface area contributed by atoms with Crippen LogP contribution in [-0.2, 0) is 4.79 Å². The molecule has 0 aromatic rings. The highest BCUT2D eigenvalue weighted by Crippen LogP contribution is 2.11. The third-order valence-corrected chi connectivity index (χ3v) is 2.18. The summed E-state index contributed by atoms with van der Waals surface area (Å²) in [6.45, 7) is 5.28. The van der Waals surface area contributed by atoms with Crippen LogP contribution < -0.4 is 5.32 Å². The van der Waals surface area contributed by atoms with E-state index in [4.69, 9.17) is 0 Å². The van der Waals surface area contributed by atoms with Gasteiger partial charge >= 0.3 is 0 Å². The lowest BCUT2D eigenvalue weighted by molar-refractivity contribution is -0.118. The Labute approximate surface area is 68.4 Å². The molecular weight excluding hydrogens is 138 g/mol. The van der Waals surface area contributed by atoms with E-state index in [2.05, 4.69) is 19.2 Å². The highest BCUT2D eigenvalue weighted by molar-refractivity contribution is 5.86. The maximum atomic E-state index is 11.1. The van der Waals surface area contributed by atoms with Crippen LogP contribution in [0.25, 0.3) is 0 Å². The van der Waals surface area contributed by atoms with Crippen molar-refractivity contribution in [2.75, 3.05) is 6.54 Å². The predicted molar refractivity (Wildman–Crippen MR) is 45.5 cm³/mol. The Hall–Kier alpha value is -0.370. The van der Waals surface area contributed by atoms with E-state index in [1.165, 1.54) is 0 Å². The van der Waals surface area contributed by atoms with Gasteiger partial charge in [-0.2, -0.15) is 0 Å². The molecule has 1 heterocycles. The molecule has 1 unspecified atom stereocenters. The maximum absolute atomic E-state index is 11.1. The Balaban J connectivity index is 2.20. The predicted octanol–water partition coefficient (Wildman–Crippen LogP) is 1.35. The number of carbonyl (C=O) groups is 1. The van der Waals surface area contributed by atoms with Crippen LogP contribution >= 0.6 is 0 Å². The highest BCUT2D eigenvalue weighted by Gasteiger charge is 2.22. The van der Waals surface area contributed by atoms with E-state index in [1.54, 1.807) is 0 Å². The van der Waals surface area contributed by atoms with Crippen molar-refractivity contribution in [1.29, 1.82) is 0 Å². The third kappa shape index (κ3) is 2.62. The lowest BCUT2D eigenvalue weighted by atomic mass is 10.0. The van der Waals surface area contributed by atoms with E-state index in [0.29, 0.717) is 11.7 Å². The molecule has 11 heavy (non-hydrogen) atoms. The van der Waals surface area contributed by atoms with Crippen LogP contribution in [0.15, 0.2) is 0 Å². The molecule has 2 nitrogen and oxygen atoms in total. The SMILES string of the molecule is CC(C)CCC1NCCC1=O. The first kappa shape index (κ1) is 8.72. The molecule has 0 amide bonds. The van der Waals surface area contributed by atoms with Gasteiger partial charge in [0, 0.05) is 13.0 Å². The standard InChI is InChI=1S/C9H17NO/c1-7(2)3-4-8-9(11)5-6-10-8/h7-8,10H,3-6H2,1-2H3. The fraction of sp³-hybridized carbons (Fsp3) is 0.889. The van der Waals surface area contributed by atoms with Crippen LogP contribution in [0.2, 0.25) is 0 Å². The number of hydrogen-bond donors (Lipinski definition) is 1. The Morgan fingerprint density at radius 3 is 2.82 bits per heavy atom. The smallest absolute Gasteiger partial charge is 0.151 e. The molecule has 0 saturated carbocycles. The van der Waals surface area contributed by atoms with Gasteiger partial charge < -0.3 is 5.32 Å². The maximum Gasteiger partial charge on any atom is 0.151 e. The second-order valence-electron chi connectivity index (χ2n) is 3.69. The van der Waals surface area contributed by atoms with Gasteiger partial charge in [0.05, 0.1) is 6.04 Å². The van der Waals surface area contributed by atoms with Crippen molar-refractivity contribution in [3.63, 3.8) is 0 Å². The van der Waals surface area contributed by atoms with Crippen molar-refractivity contribution in [1.82, 2.24) is 5.32 Å². The first-order valence-corrected chi connectivity index (χ1v) is 4.46. The Morgan fingerprint density at radius 1 is 1.64 bits per heavy atom. The van der Waals surface area contributed by atoms with Gasteiger partial charge in [0.15, 0.2) is 5.78 Å². The van der Waals surface area contributed by atoms with E-state index in [9.17, 15) is 4.79 Å². The van der Waals surface area contributed by atoms with Crippen LogP contribution in [-0.4, -0.2) is 18.4 Å². The summed E-state index contributed by atoms with van der Waals surface area (Å²) in [5.41, 5.74) is 0. The molecule has 0 spiro atoms. The minimum absolute atomic E-state index is 0.178. The number of ketones is 1. The first-order valence-electron chi connectivity index (χ1n) is 4.46. The van der Waals surface area contributed by atoms with Gasteiger partial charge in [-0.3, -0.25) is 4.79 Å². The lowest BCUT2D eigenvalue weighted by Crippen LogP contribution is -2.27. The van der Waals surface area contributed by atoms with Crippen molar-refractivity contribution < 1.29 is 4.79 Å². The average Bonchev–Trinajstić information content (AvgIpc) is 2.31. The topological polar surface area (TPSA) is 29.1 Å². The Bertz CT molecular complexity index is 142. The van der Waals surface area contributed by atoms with Crippen LogP contribution in [0, 0.1) is 5.92 Å². The second kappa shape index (κ2) is 3.86. The summed E-state index contributed by atoms with van der Waals surface area (Å²) in [4.78, 5) is 11.1. The summed E-state index contributed by atoms with van der Waals surface area (Å²) in [5, 5.41) is 3.21. The summed E-state index contributed by atoms with van der Waals surface area (Å²) in [7, 11) is 0. The fourth-order valence-corrected chi connectivity index (χ4v) is 1.42. The van der Waals surface area contributed by atoms with Crippen molar-refractivity contribution in [3.8, 4) is 0 Å². The molecule has 0 aromatic heterocycles. The van der Waals surface area contributed by atoms with E-state index >= 15 is 0 Å². The average molecular weight is 155 g/mol. The molecule has 1 fully saturated rings. The van der Waals surface area contributed by atoms with E-state index < -0.39 is 0 Å². The van der Waals surface area contributed by atoms with Crippen LogP contribution in [0.5, 0.6) is 0 Å². The zero-order valence-electron chi connectivity index (χ0n) is 7.39. The zero-order chi connectivity index (χ0) is 8.27. The van der Waals surface area contributed by atoms with Crippen molar-refractivity contribution >= 4 is 5.78 Å². The molecule has 1 rings (SSSR count). The van der Waals surface area contributed by atoms with Gasteiger partial charge in [-0.05, 0) is 18.8 Å². The molecule has 1 saturated heterocycles. The molecule has 1 N–H and O–H groups in total. The quantitative estimate of drug-likeness (QED) is 0.666. The van der Waals surface area contributed by atoms with Crippen LogP contribution in [0.3, 0.4) is 0 Å². The van der Waals surface area contributed by atoms with Gasteiger partial charge in [0.1, 0.15) is 0 Å². The van der Waals surface area contributed by atoms with Crippen LogP contribution in [0.1, 0.15) is 33.1 Å². The molecular formula is C9H17NO. The largest absolute Gasteiger partial charge is 0.307 e. The molecule has 0 bridgehead atoms. The molecule has 1 aliphatic heterocycles. The van der Waals surface area contributed by atoms with E-state index in [1.807, 2.05) is 0 Å². The minimum atomic E-state index is 0.178. The molecule has 0 radical (unpaired) electrons. The summed E-state index contributed by atoms with van der Waals surface area (Å²) >= 11 is 0. The van der Waals surface area contributed by atoms with Gasteiger partial charge in [-0.15, -0.1) is 0 Å². The molecule has 64 valence electrons. The monoisotopic (exact) mass is 155 g/mol. The van der Waals surface area contributed by atoms with Crippen molar-refractivity contribution in [2.24, 2.45) is 5.92 Å². The molecule has 1 atom stereocenters. The first-order chi connectivity index (χ1) is 5.20. The highest BCUT2D eigenvalue weighted by atomic mass is 16.1. The molecule has 0 aliphatic carbocycles. The number of nitrogens with one attached hydrogen (secondary N) is 1. The van der Waals surface area contributed by atoms with E-state index in [-0.39, 0.29) is 6.04 Å². The van der Waals surface area contributed by atoms with Crippen LogP contribution in [0.4, 0.5) is 0 Å². The molecule has 1 aliphatic rings. The van der Waals surface area contributed by atoms with Gasteiger partial charge in [-0.1, -0.05) is 13.8 Å². The second-order valence-corrected chi connectivity index (χ2v) is 3.69. The van der Waals surface area contributed by atoms with E-state index in [0.717, 1.165) is 25.8 Å². The number of carbonyl (C=O) groups excluding carboxylic acids is 1. The van der Waals surface area contributed by atoms with Crippen molar-refractivity contribution in [2.45, 2.75) is 39.2 Å². The third-order valence-electron chi connectivity index (χ3n) is 2.18. The zero-order valence-corrected chi connectivity index (χ0v) is 7.39. The summed E-state index contributed by atoms with van der Waals surface area (Å²) in [6, 6.07) is 0.178. The normalized spacial score (nSPS) is 25.0. The number of rotatable bonds is 3. The summed E-state index contributed by atoms with van der Waals surface area (Å²) < 4.78 is 0. The Morgan fingerprint density at radius 2 is 2.36 bits per heavy atom. The molecule has 0 aromatic carbocycles. The molecule has 2 heteroatoms. The Kier molecular flexibility index (Phi) is 3.06.